The number of rotatable bonds is 7. The monoisotopic (exact) mass is 361 g/mol. The van der Waals surface area contributed by atoms with Crippen LogP contribution in [-0.4, -0.2) is 38.1 Å². The summed E-state index contributed by atoms with van der Waals surface area (Å²) >= 11 is 0. The largest absolute Gasteiger partial charge is 0.497 e. The smallest absolute Gasteiger partial charge is 0.344 e. The standard InChI is InChI=1S/C18H16FNO6/c1-24-13-8-6-12(7-9-13)18(23)20-16(21)10-26-17(22)11-25-15-5-3-2-4-14(15)19/h2-9H,10-11H2,1H3,(H,20,21,23). The van der Waals surface area contributed by atoms with Gasteiger partial charge in [-0.05, 0) is 36.4 Å². The molecule has 0 saturated carbocycles. The molecule has 0 heterocycles. The Labute approximate surface area is 148 Å². The molecule has 0 radical (unpaired) electrons. The average Bonchev–Trinajstić information content (AvgIpc) is 2.65. The van der Waals surface area contributed by atoms with Gasteiger partial charge in [0, 0.05) is 5.56 Å². The first kappa shape index (κ1) is 18.9. The van der Waals surface area contributed by atoms with Crippen LogP contribution < -0.4 is 14.8 Å². The van der Waals surface area contributed by atoms with Crippen LogP contribution in [0.25, 0.3) is 0 Å². The number of hydrogen-bond acceptors (Lipinski definition) is 6. The second-order valence-corrected chi connectivity index (χ2v) is 4.99. The minimum atomic E-state index is -0.875. The number of halogens is 1. The van der Waals surface area contributed by atoms with Gasteiger partial charge in [0.1, 0.15) is 5.75 Å². The second kappa shape index (κ2) is 9.16. The molecule has 0 spiro atoms. The van der Waals surface area contributed by atoms with E-state index < -0.39 is 36.8 Å². The van der Waals surface area contributed by atoms with Crippen molar-refractivity contribution in [3.8, 4) is 11.5 Å². The van der Waals surface area contributed by atoms with E-state index >= 15 is 0 Å². The van der Waals surface area contributed by atoms with Crippen LogP contribution in [0.15, 0.2) is 48.5 Å². The van der Waals surface area contributed by atoms with Crippen LogP contribution in [0, 0.1) is 5.82 Å². The fourth-order valence-corrected chi connectivity index (χ4v) is 1.86. The van der Waals surface area contributed by atoms with Crippen LogP contribution in [0.1, 0.15) is 10.4 Å². The van der Waals surface area contributed by atoms with Crippen molar-refractivity contribution >= 4 is 17.8 Å². The molecular weight excluding hydrogens is 345 g/mol. The van der Waals surface area contributed by atoms with Crippen molar-refractivity contribution in [1.29, 1.82) is 0 Å². The number of esters is 1. The van der Waals surface area contributed by atoms with Crippen LogP contribution in [0.5, 0.6) is 11.5 Å². The van der Waals surface area contributed by atoms with Crippen LogP contribution in [-0.2, 0) is 14.3 Å². The molecule has 1 N–H and O–H groups in total. The normalized spacial score (nSPS) is 9.92. The van der Waals surface area contributed by atoms with Gasteiger partial charge >= 0.3 is 5.97 Å². The number of carbonyl (C=O) groups is 3. The van der Waals surface area contributed by atoms with E-state index in [4.69, 9.17) is 9.47 Å². The van der Waals surface area contributed by atoms with Gasteiger partial charge in [0.05, 0.1) is 7.11 Å². The number of hydrogen-bond donors (Lipinski definition) is 1. The Kier molecular flexibility index (Phi) is 6.67. The summed E-state index contributed by atoms with van der Waals surface area (Å²) < 4.78 is 27.9. The Bertz CT molecular complexity index is 791. The fourth-order valence-electron chi connectivity index (χ4n) is 1.86. The van der Waals surface area contributed by atoms with E-state index in [1.54, 1.807) is 18.2 Å². The molecule has 0 unspecified atom stereocenters. The number of para-hydroxylation sites is 1. The van der Waals surface area contributed by atoms with Crippen molar-refractivity contribution in [2.24, 2.45) is 0 Å². The Morgan fingerprint density at radius 2 is 1.69 bits per heavy atom. The highest BCUT2D eigenvalue weighted by atomic mass is 19.1. The summed E-state index contributed by atoms with van der Waals surface area (Å²) in [7, 11) is 1.49. The topological polar surface area (TPSA) is 90.9 Å². The summed E-state index contributed by atoms with van der Waals surface area (Å²) in [6, 6.07) is 11.7. The zero-order valence-corrected chi connectivity index (χ0v) is 13.9. The highest BCUT2D eigenvalue weighted by Gasteiger charge is 2.13. The third-order valence-electron chi connectivity index (χ3n) is 3.15. The zero-order valence-electron chi connectivity index (χ0n) is 13.9. The van der Waals surface area contributed by atoms with Crippen LogP contribution >= 0.6 is 0 Å². The third kappa shape index (κ3) is 5.59. The van der Waals surface area contributed by atoms with Gasteiger partial charge in [-0.25, -0.2) is 9.18 Å². The summed E-state index contributed by atoms with van der Waals surface area (Å²) in [5.41, 5.74) is 0.244. The molecule has 136 valence electrons. The maximum atomic E-state index is 13.3. The zero-order chi connectivity index (χ0) is 18.9. The molecule has 2 amide bonds. The molecule has 8 heteroatoms. The van der Waals surface area contributed by atoms with Crippen molar-refractivity contribution in [1.82, 2.24) is 5.32 Å². The molecule has 7 nitrogen and oxygen atoms in total. The maximum absolute atomic E-state index is 13.3. The molecule has 0 aliphatic carbocycles. The van der Waals surface area contributed by atoms with E-state index in [1.165, 1.54) is 37.4 Å². The number of ether oxygens (including phenoxy) is 3. The Hall–Kier alpha value is -3.42. The van der Waals surface area contributed by atoms with Crippen LogP contribution in [0.4, 0.5) is 4.39 Å². The first-order valence-electron chi connectivity index (χ1n) is 7.51. The average molecular weight is 361 g/mol. The summed E-state index contributed by atoms with van der Waals surface area (Å²) in [6.07, 6.45) is 0. The van der Waals surface area contributed by atoms with Crippen molar-refractivity contribution in [2.45, 2.75) is 0 Å². The molecule has 0 fully saturated rings. The van der Waals surface area contributed by atoms with E-state index in [0.717, 1.165) is 0 Å². The van der Waals surface area contributed by atoms with E-state index in [-0.39, 0.29) is 11.3 Å². The molecular formula is C18H16FNO6. The summed E-state index contributed by atoms with van der Waals surface area (Å²) in [5, 5.41) is 2.08. The number of nitrogens with one attached hydrogen (secondary N) is 1. The number of imide groups is 1. The number of methoxy groups -OCH3 is 1. The second-order valence-electron chi connectivity index (χ2n) is 4.99. The lowest BCUT2D eigenvalue weighted by molar-refractivity contribution is -0.150. The minimum Gasteiger partial charge on any atom is -0.497 e. The molecule has 0 atom stereocenters. The van der Waals surface area contributed by atoms with Gasteiger partial charge < -0.3 is 14.2 Å². The number of amides is 2. The molecule has 2 aromatic carbocycles. The number of carbonyl (C=O) groups excluding carboxylic acids is 3. The van der Waals surface area contributed by atoms with E-state index in [2.05, 4.69) is 10.1 Å². The highest BCUT2D eigenvalue weighted by Crippen LogP contribution is 2.15. The maximum Gasteiger partial charge on any atom is 0.344 e. The molecule has 0 bridgehead atoms. The Balaban J connectivity index is 1.74. The number of benzene rings is 2. The first-order chi connectivity index (χ1) is 12.5. The fraction of sp³-hybridized carbons (Fsp3) is 0.167. The summed E-state index contributed by atoms with van der Waals surface area (Å²) in [4.78, 5) is 35.0. The van der Waals surface area contributed by atoms with Gasteiger partial charge in [0.25, 0.3) is 11.8 Å². The van der Waals surface area contributed by atoms with Gasteiger partial charge in [-0.2, -0.15) is 0 Å². The summed E-state index contributed by atoms with van der Waals surface area (Å²) in [5.74, 6) is -2.48. The molecule has 0 aromatic heterocycles. The van der Waals surface area contributed by atoms with Gasteiger partial charge in [-0.15, -0.1) is 0 Å². The molecule has 0 aliphatic heterocycles. The molecule has 0 saturated heterocycles. The lowest BCUT2D eigenvalue weighted by Crippen LogP contribution is -2.34. The van der Waals surface area contributed by atoms with E-state index in [9.17, 15) is 18.8 Å². The minimum absolute atomic E-state index is 0.108. The summed E-state index contributed by atoms with van der Waals surface area (Å²) in [6.45, 7) is -1.23. The van der Waals surface area contributed by atoms with Gasteiger partial charge in [-0.3, -0.25) is 14.9 Å². The predicted octanol–water partition coefficient (Wildman–Crippen LogP) is 1.71. The van der Waals surface area contributed by atoms with Gasteiger partial charge in [0.15, 0.2) is 24.8 Å². The third-order valence-corrected chi connectivity index (χ3v) is 3.15. The van der Waals surface area contributed by atoms with E-state index in [1.807, 2.05) is 0 Å². The molecule has 2 aromatic rings. The quantitative estimate of drug-likeness (QED) is 0.755. The highest BCUT2D eigenvalue weighted by molar-refractivity contribution is 6.05. The Morgan fingerprint density at radius 3 is 2.35 bits per heavy atom. The SMILES string of the molecule is COc1ccc(C(=O)NC(=O)COC(=O)COc2ccccc2F)cc1. The van der Waals surface area contributed by atoms with Crippen molar-refractivity contribution < 1.29 is 33.0 Å². The lowest BCUT2D eigenvalue weighted by atomic mass is 10.2. The van der Waals surface area contributed by atoms with Crippen LogP contribution in [0.2, 0.25) is 0 Å². The molecule has 0 aliphatic rings. The van der Waals surface area contributed by atoms with Crippen molar-refractivity contribution in [2.75, 3.05) is 20.3 Å². The molecule has 26 heavy (non-hydrogen) atoms. The molecule has 2 rings (SSSR count). The van der Waals surface area contributed by atoms with E-state index in [0.29, 0.717) is 5.75 Å². The Morgan fingerprint density at radius 1 is 1.00 bits per heavy atom. The first-order valence-corrected chi connectivity index (χ1v) is 7.51. The van der Waals surface area contributed by atoms with Crippen molar-refractivity contribution in [3.05, 3.63) is 59.9 Å². The lowest BCUT2D eigenvalue weighted by Gasteiger charge is -2.08. The van der Waals surface area contributed by atoms with Gasteiger partial charge in [-0.1, -0.05) is 12.1 Å². The van der Waals surface area contributed by atoms with Gasteiger partial charge in [0.2, 0.25) is 0 Å². The van der Waals surface area contributed by atoms with Crippen LogP contribution in [0.3, 0.4) is 0 Å². The van der Waals surface area contributed by atoms with Crippen molar-refractivity contribution in [3.63, 3.8) is 0 Å². The predicted molar refractivity (Wildman–Crippen MR) is 88.3 cm³/mol.